The van der Waals surface area contributed by atoms with Crippen molar-refractivity contribution in [2.75, 3.05) is 34.3 Å². The highest BCUT2D eigenvalue weighted by Gasteiger charge is 2.36. The number of nitrogens with one attached hydrogen (secondary N) is 1. The zero-order chi connectivity index (χ0) is 24.6. The van der Waals surface area contributed by atoms with E-state index in [0.29, 0.717) is 30.6 Å². The maximum atomic E-state index is 15.3. The molecule has 184 valence electrons. The Labute approximate surface area is 200 Å². The van der Waals surface area contributed by atoms with Gasteiger partial charge in [0, 0.05) is 45.8 Å². The van der Waals surface area contributed by atoms with Gasteiger partial charge in [-0.05, 0) is 56.8 Å². The number of amides is 1. The predicted octanol–water partition coefficient (Wildman–Crippen LogP) is 3.96. The van der Waals surface area contributed by atoms with Crippen LogP contribution in [-0.4, -0.2) is 65.8 Å². The summed E-state index contributed by atoms with van der Waals surface area (Å²) in [6, 6.07) is 5.42. The molecule has 1 aromatic carbocycles. The van der Waals surface area contributed by atoms with E-state index in [0.717, 1.165) is 16.7 Å². The SMILES string of the molecule is COc1cc(-c2cnn(C)c2)cc([C@@H](C)NC(=O)C2=C(F)CCC(N3CC(N(C)C)C3)=C2F)c1.[HH]. The van der Waals surface area contributed by atoms with Crippen LogP contribution < -0.4 is 10.1 Å². The molecule has 1 fully saturated rings. The number of carbonyl (C=O) groups is 1. The van der Waals surface area contributed by atoms with Gasteiger partial charge in [0.05, 0.1) is 25.0 Å². The fourth-order valence-corrected chi connectivity index (χ4v) is 4.33. The smallest absolute Gasteiger partial charge is 0.257 e. The van der Waals surface area contributed by atoms with E-state index >= 15 is 4.39 Å². The second-order valence-corrected chi connectivity index (χ2v) is 9.16. The molecule has 7 nitrogen and oxygen atoms in total. The minimum atomic E-state index is -0.757. The molecular weight excluding hydrogens is 440 g/mol. The van der Waals surface area contributed by atoms with Crippen LogP contribution in [0.5, 0.6) is 5.75 Å². The van der Waals surface area contributed by atoms with Crippen LogP contribution >= 0.6 is 0 Å². The summed E-state index contributed by atoms with van der Waals surface area (Å²) in [6.45, 7) is 3.12. The quantitative estimate of drug-likeness (QED) is 0.660. The van der Waals surface area contributed by atoms with Crippen molar-refractivity contribution in [2.24, 2.45) is 7.05 Å². The molecule has 34 heavy (non-hydrogen) atoms. The number of hydrogen-bond acceptors (Lipinski definition) is 5. The zero-order valence-electron chi connectivity index (χ0n) is 20.2. The fourth-order valence-electron chi connectivity index (χ4n) is 4.33. The number of carbonyl (C=O) groups excluding carboxylic acids is 1. The first-order valence-electron chi connectivity index (χ1n) is 11.4. The summed E-state index contributed by atoms with van der Waals surface area (Å²) in [5, 5.41) is 6.97. The molecule has 1 atom stereocenters. The van der Waals surface area contributed by atoms with Crippen molar-refractivity contribution in [3.05, 3.63) is 59.1 Å². The van der Waals surface area contributed by atoms with Crippen molar-refractivity contribution in [1.29, 1.82) is 0 Å². The van der Waals surface area contributed by atoms with Crippen LogP contribution in [0, 0.1) is 0 Å². The number of hydrogen-bond donors (Lipinski definition) is 1. The molecule has 0 spiro atoms. The van der Waals surface area contributed by atoms with Crippen molar-refractivity contribution in [3.8, 4) is 16.9 Å². The highest BCUT2D eigenvalue weighted by molar-refractivity contribution is 5.98. The van der Waals surface area contributed by atoms with E-state index in [1.807, 2.05) is 44.4 Å². The Bertz CT molecular complexity index is 1150. The number of likely N-dealkylation sites (N-methyl/N-ethyl adjacent to an activating group) is 1. The lowest BCUT2D eigenvalue weighted by Gasteiger charge is -2.46. The molecule has 2 aromatic rings. The van der Waals surface area contributed by atoms with E-state index in [1.54, 1.807) is 31.0 Å². The number of aryl methyl sites for hydroxylation is 1. The monoisotopic (exact) mass is 473 g/mol. The summed E-state index contributed by atoms with van der Waals surface area (Å²) in [5.41, 5.74) is 2.44. The summed E-state index contributed by atoms with van der Waals surface area (Å²) in [6.07, 6.45) is 3.90. The predicted molar refractivity (Wildman–Crippen MR) is 128 cm³/mol. The van der Waals surface area contributed by atoms with Gasteiger partial charge in [0.25, 0.3) is 5.91 Å². The van der Waals surface area contributed by atoms with Crippen molar-refractivity contribution >= 4 is 5.91 Å². The zero-order valence-corrected chi connectivity index (χ0v) is 20.2. The first-order chi connectivity index (χ1) is 16.2. The molecule has 2 heterocycles. The van der Waals surface area contributed by atoms with Gasteiger partial charge in [0.2, 0.25) is 0 Å². The number of benzene rings is 1. The van der Waals surface area contributed by atoms with Crippen LogP contribution in [0.1, 0.15) is 32.8 Å². The first kappa shape index (κ1) is 23.9. The Kier molecular flexibility index (Phi) is 6.74. The van der Waals surface area contributed by atoms with Gasteiger partial charge in [-0.25, -0.2) is 8.78 Å². The third-order valence-electron chi connectivity index (χ3n) is 6.58. The van der Waals surface area contributed by atoms with Gasteiger partial charge in [-0.1, -0.05) is 0 Å². The van der Waals surface area contributed by atoms with Crippen LogP contribution in [-0.2, 0) is 11.8 Å². The maximum absolute atomic E-state index is 15.3. The van der Waals surface area contributed by atoms with E-state index in [9.17, 15) is 9.18 Å². The summed E-state index contributed by atoms with van der Waals surface area (Å²) in [4.78, 5) is 17.0. The molecule has 4 rings (SSSR count). The molecule has 0 unspecified atom stereocenters. The largest absolute Gasteiger partial charge is 0.497 e. The van der Waals surface area contributed by atoms with Gasteiger partial charge in [-0.2, -0.15) is 5.10 Å². The maximum Gasteiger partial charge on any atom is 0.257 e. The van der Waals surface area contributed by atoms with Crippen LogP contribution in [0.25, 0.3) is 11.1 Å². The number of rotatable bonds is 7. The van der Waals surface area contributed by atoms with Gasteiger partial charge >= 0.3 is 0 Å². The van der Waals surface area contributed by atoms with E-state index in [2.05, 4.69) is 15.3 Å². The highest BCUT2D eigenvalue weighted by atomic mass is 19.1. The van der Waals surface area contributed by atoms with Crippen molar-refractivity contribution in [3.63, 3.8) is 0 Å². The summed E-state index contributed by atoms with van der Waals surface area (Å²) < 4.78 is 37.1. The lowest BCUT2D eigenvalue weighted by atomic mass is 9.96. The Balaban J connectivity index is 0.00000342. The van der Waals surface area contributed by atoms with E-state index in [-0.39, 0.29) is 14.3 Å². The van der Waals surface area contributed by atoms with Gasteiger partial charge < -0.3 is 19.9 Å². The lowest BCUT2D eigenvalue weighted by molar-refractivity contribution is -0.118. The molecule has 1 aliphatic carbocycles. The van der Waals surface area contributed by atoms with Gasteiger partial charge in [0.1, 0.15) is 17.1 Å². The van der Waals surface area contributed by atoms with Crippen molar-refractivity contribution < 1.29 is 19.7 Å². The molecule has 0 saturated carbocycles. The fraction of sp³-hybridized carbons (Fsp3) is 0.440. The molecule has 0 bridgehead atoms. The number of aromatic nitrogens is 2. The average Bonchev–Trinajstić information content (AvgIpc) is 3.20. The first-order valence-corrected chi connectivity index (χ1v) is 11.4. The normalized spacial score (nSPS) is 17.8. The van der Waals surface area contributed by atoms with E-state index < -0.39 is 29.2 Å². The third-order valence-corrected chi connectivity index (χ3v) is 6.58. The summed E-state index contributed by atoms with van der Waals surface area (Å²) in [7, 11) is 7.35. The van der Waals surface area contributed by atoms with Crippen LogP contribution in [0.2, 0.25) is 0 Å². The minimum absolute atomic E-state index is 0. The van der Waals surface area contributed by atoms with Crippen molar-refractivity contribution in [2.45, 2.75) is 31.8 Å². The van der Waals surface area contributed by atoms with Gasteiger partial charge in [-0.3, -0.25) is 9.48 Å². The van der Waals surface area contributed by atoms with Gasteiger partial charge in [0.15, 0.2) is 5.83 Å². The third kappa shape index (κ3) is 4.70. The molecule has 1 amide bonds. The minimum Gasteiger partial charge on any atom is -0.497 e. The Morgan fingerprint density at radius 1 is 1.24 bits per heavy atom. The Morgan fingerprint density at radius 3 is 2.59 bits per heavy atom. The molecule has 2 aliphatic rings. The average molecular weight is 474 g/mol. The Hall–Kier alpha value is -3.20. The van der Waals surface area contributed by atoms with E-state index in [4.69, 9.17) is 4.74 Å². The van der Waals surface area contributed by atoms with Crippen LogP contribution in [0.3, 0.4) is 0 Å². The lowest BCUT2D eigenvalue weighted by Crippen LogP contribution is -2.56. The second-order valence-electron chi connectivity index (χ2n) is 9.16. The molecule has 1 aliphatic heterocycles. The van der Waals surface area contributed by atoms with Gasteiger partial charge in [-0.15, -0.1) is 0 Å². The highest BCUT2D eigenvalue weighted by Crippen LogP contribution is 2.37. The summed E-state index contributed by atoms with van der Waals surface area (Å²) in [5.74, 6) is -1.61. The number of allylic oxidation sites excluding steroid dienone is 2. The molecule has 1 aromatic heterocycles. The molecule has 1 saturated heterocycles. The van der Waals surface area contributed by atoms with Crippen LogP contribution in [0.15, 0.2) is 53.5 Å². The number of nitrogens with zero attached hydrogens (tertiary/aromatic N) is 4. The summed E-state index contributed by atoms with van der Waals surface area (Å²) >= 11 is 0. The number of halogens is 2. The second kappa shape index (κ2) is 9.58. The number of methoxy groups -OCH3 is 1. The van der Waals surface area contributed by atoms with Crippen molar-refractivity contribution in [1.82, 2.24) is 24.9 Å². The molecule has 0 radical (unpaired) electrons. The standard InChI is InChI=1S/C25H31F2N5O2.H2/c1-15(16-8-17(10-20(9-16)34-5)18-11-28-31(4)12-18)29-25(33)23-21(26)6-7-22(24(23)27)32-13-19(14-32)30(2)3;/h8-12,15,19H,6-7,13-14H2,1-5H3,(H,29,33);1H/t15-;/m1./s1. The number of ether oxygens (including phenoxy) is 1. The molecule has 1 N–H and O–H groups in total. The van der Waals surface area contributed by atoms with E-state index in [1.165, 1.54) is 0 Å². The molecule has 9 heteroatoms. The number of likely N-dealkylation sites (tertiary alicyclic amines) is 1. The Morgan fingerprint density at radius 2 is 1.97 bits per heavy atom. The topological polar surface area (TPSA) is 62.6 Å². The molecular formula is C25H33F2N5O2. The van der Waals surface area contributed by atoms with Crippen LogP contribution in [0.4, 0.5) is 8.78 Å².